The van der Waals surface area contributed by atoms with Crippen LogP contribution in [0.3, 0.4) is 0 Å². The van der Waals surface area contributed by atoms with Crippen molar-refractivity contribution in [3.05, 3.63) is 0 Å². The summed E-state index contributed by atoms with van der Waals surface area (Å²) in [6.45, 7) is 12.9. The second-order valence-corrected chi connectivity index (χ2v) is 4.75. The van der Waals surface area contributed by atoms with Crippen molar-refractivity contribution in [1.29, 1.82) is 0 Å². The van der Waals surface area contributed by atoms with Gasteiger partial charge in [0.25, 0.3) is 0 Å². The summed E-state index contributed by atoms with van der Waals surface area (Å²) in [7, 11) is 0. The van der Waals surface area contributed by atoms with Crippen LogP contribution in [0, 0.1) is 0 Å². The van der Waals surface area contributed by atoms with Crippen LogP contribution in [0.25, 0.3) is 0 Å². The predicted molar refractivity (Wildman–Crippen MR) is 56.2 cm³/mol. The molecule has 0 aliphatic carbocycles. The highest BCUT2D eigenvalue weighted by molar-refractivity contribution is 4.81. The Hall–Kier alpha value is -0.120. The Bertz CT molecular complexity index is 145. The molecule has 13 heavy (non-hydrogen) atoms. The molecule has 1 aliphatic heterocycles. The van der Waals surface area contributed by atoms with Crippen LogP contribution in [0.1, 0.15) is 20.8 Å². The number of piperazine rings is 1. The molecular weight excluding hydrogens is 164 g/mol. The highest BCUT2D eigenvalue weighted by atomic mass is 16.3. The number of hydrogen-bond donors (Lipinski definition) is 0. The summed E-state index contributed by atoms with van der Waals surface area (Å²) < 4.78 is 0. The van der Waals surface area contributed by atoms with Gasteiger partial charge < -0.3 is 5.11 Å². The Kier molecular flexibility index (Phi) is 3.71. The molecule has 3 nitrogen and oxygen atoms in total. The average molecular weight is 187 g/mol. The van der Waals surface area contributed by atoms with Crippen LogP contribution < -0.4 is 0 Å². The largest absolute Gasteiger partial charge is 0.444 e. The summed E-state index contributed by atoms with van der Waals surface area (Å²) in [5.41, 5.74) is 0.313. The van der Waals surface area contributed by atoms with Gasteiger partial charge in [0.2, 0.25) is 0 Å². The van der Waals surface area contributed by atoms with Gasteiger partial charge in [-0.15, -0.1) is 0 Å². The lowest BCUT2D eigenvalue weighted by atomic mass is 10.1. The molecule has 0 aromatic heterocycles. The highest BCUT2D eigenvalue weighted by Gasteiger charge is 2.25. The van der Waals surface area contributed by atoms with Gasteiger partial charge in [0.15, 0.2) is 6.61 Å². The first-order chi connectivity index (χ1) is 6.04. The van der Waals surface area contributed by atoms with E-state index in [0.29, 0.717) is 12.1 Å². The first-order valence-corrected chi connectivity index (χ1v) is 5.16. The second kappa shape index (κ2) is 4.40. The Morgan fingerprint density at radius 3 is 2.00 bits per heavy atom. The van der Waals surface area contributed by atoms with Crippen LogP contribution in [0.15, 0.2) is 0 Å². The number of hydrogen-bond acceptors (Lipinski definition) is 2. The lowest BCUT2D eigenvalue weighted by Gasteiger charge is -2.41. The summed E-state index contributed by atoms with van der Waals surface area (Å²) in [6.07, 6.45) is 0. The van der Waals surface area contributed by atoms with Gasteiger partial charge in [0, 0.05) is 31.7 Å². The van der Waals surface area contributed by atoms with Crippen LogP contribution in [0.4, 0.5) is 0 Å². The molecule has 0 aromatic carbocycles. The molecule has 1 fully saturated rings. The van der Waals surface area contributed by atoms with Crippen molar-refractivity contribution in [3.63, 3.8) is 0 Å². The maximum absolute atomic E-state index is 7.16. The number of rotatable bonds is 2. The van der Waals surface area contributed by atoms with Gasteiger partial charge >= 0.3 is 0 Å². The topological polar surface area (TPSA) is 29.4 Å². The van der Waals surface area contributed by atoms with Crippen LogP contribution in [0.2, 0.25) is 0 Å². The fourth-order valence-corrected chi connectivity index (χ4v) is 1.80. The third-order valence-electron chi connectivity index (χ3n) is 2.75. The van der Waals surface area contributed by atoms with Crippen molar-refractivity contribution in [2.75, 3.05) is 39.3 Å². The van der Waals surface area contributed by atoms with E-state index in [-0.39, 0.29) is 0 Å². The van der Waals surface area contributed by atoms with Crippen molar-refractivity contribution in [1.82, 2.24) is 9.80 Å². The molecule has 3 heteroatoms. The molecule has 1 heterocycles. The maximum atomic E-state index is 7.16. The fraction of sp³-hybridized carbons (Fsp3) is 1.00. The summed E-state index contributed by atoms with van der Waals surface area (Å²) in [5, 5.41) is 7.16. The number of nitrogens with zero attached hydrogens (tertiary/aromatic N) is 2. The average Bonchev–Trinajstić information content (AvgIpc) is 2.04. The molecule has 2 N–H and O–H groups in total. The zero-order valence-electron chi connectivity index (χ0n) is 9.14. The third-order valence-corrected chi connectivity index (χ3v) is 2.75. The molecule has 1 rings (SSSR count). The molecule has 0 atom stereocenters. The van der Waals surface area contributed by atoms with Crippen molar-refractivity contribution in [2.45, 2.75) is 26.3 Å². The first-order valence-electron chi connectivity index (χ1n) is 5.16. The van der Waals surface area contributed by atoms with Crippen molar-refractivity contribution in [3.8, 4) is 0 Å². The van der Waals surface area contributed by atoms with Gasteiger partial charge in [-0.1, -0.05) is 0 Å². The van der Waals surface area contributed by atoms with Gasteiger partial charge in [-0.25, -0.2) is 0 Å². The zero-order chi connectivity index (χ0) is 9.90. The molecule has 0 unspecified atom stereocenters. The zero-order valence-corrected chi connectivity index (χ0v) is 9.14. The first kappa shape index (κ1) is 11.0. The Balaban J connectivity index is 2.30. The van der Waals surface area contributed by atoms with E-state index in [1.165, 1.54) is 0 Å². The van der Waals surface area contributed by atoms with E-state index in [9.17, 15) is 0 Å². The second-order valence-electron chi connectivity index (χ2n) is 4.75. The summed E-state index contributed by atoms with van der Waals surface area (Å²) in [6, 6.07) is 0. The standard InChI is InChI=1S/C10H22N2O/c1-10(2,3)12-6-4-11(5-7-12)8-9-13/h13H,4-9H2,1-3H3/p+1. The van der Waals surface area contributed by atoms with E-state index in [0.717, 1.165) is 32.7 Å². The highest BCUT2D eigenvalue weighted by Crippen LogP contribution is 2.15. The minimum Gasteiger partial charge on any atom is -0.444 e. The monoisotopic (exact) mass is 187 g/mol. The van der Waals surface area contributed by atoms with E-state index in [4.69, 9.17) is 5.11 Å². The molecule has 0 aromatic rings. The molecule has 78 valence electrons. The smallest absolute Gasteiger partial charge is 0.156 e. The van der Waals surface area contributed by atoms with E-state index >= 15 is 0 Å². The van der Waals surface area contributed by atoms with E-state index in [1.807, 2.05) is 0 Å². The Morgan fingerprint density at radius 1 is 1.08 bits per heavy atom. The van der Waals surface area contributed by atoms with E-state index < -0.39 is 0 Å². The van der Waals surface area contributed by atoms with Crippen molar-refractivity contribution < 1.29 is 5.11 Å². The minimum atomic E-state index is 0.313. The minimum absolute atomic E-state index is 0.313. The van der Waals surface area contributed by atoms with Crippen molar-refractivity contribution in [2.24, 2.45) is 0 Å². The van der Waals surface area contributed by atoms with Gasteiger partial charge in [-0.3, -0.25) is 9.80 Å². The van der Waals surface area contributed by atoms with Crippen LogP contribution in [-0.2, 0) is 0 Å². The van der Waals surface area contributed by atoms with Crippen LogP contribution in [-0.4, -0.2) is 59.8 Å². The van der Waals surface area contributed by atoms with E-state index in [1.54, 1.807) is 0 Å². The van der Waals surface area contributed by atoms with Gasteiger partial charge in [0.05, 0.1) is 6.54 Å². The van der Waals surface area contributed by atoms with Gasteiger partial charge in [0.1, 0.15) is 0 Å². The van der Waals surface area contributed by atoms with Crippen molar-refractivity contribution >= 4 is 0 Å². The van der Waals surface area contributed by atoms with Crippen LogP contribution >= 0.6 is 0 Å². The Morgan fingerprint density at radius 2 is 1.62 bits per heavy atom. The van der Waals surface area contributed by atoms with Crippen LogP contribution in [0.5, 0.6) is 0 Å². The molecule has 0 amide bonds. The quantitative estimate of drug-likeness (QED) is 0.575. The fourth-order valence-electron chi connectivity index (χ4n) is 1.80. The molecule has 1 aliphatic rings. The van der Waals surface area contributed by atoms with E-state index in [2.05, 4.69) is 30.6 Å². The lowest BCUT2D eigenvalue weighted by molar-refractivity contribution is 0.0547. The van der Waals surface area contributed by atoms with Gasteiger partial charge in [-0.2, -0.15) is 0 Å². The molecular formula is C10H23N2O+. The third kappa shape index (κ3) is 3.25. The summed E-state index contributed by atoms with van der Waals surface area (Å²) in [4.78, 5) is 4.91. The molecule has 0 bridgehead atoms. The van der Waals surface area contributed by atoms with Gasteiger partial charge in [-0.05, 0) is 20.8 Å². The molecule has 0 saturated carbocycles. The maximum Gasteiger partial charge on any atom is 0.156 e. The summed E-state index contributed by atoms with van der Waals surface area (Å²) in [5.74, 6) is 0. The molecule has 0 radical (unpaired) electrons. The lowest BCUT2D eigenvalue weighted by Crippen LogP contribution is -2.53. The molecule has 1 saturated heterocycles. The summed E-state index contributed by atoms with van der Waals surface area (Å²) >= 11 is 0. The normalized spacial score (nSPS) is 22.2. The molecule has 0 spiro atoms. The Labute approximate surface area is 81.3 Å². The SMILES string of the molecule is CC(C)(C)N1CCN(CC[OH2+])CC1. The predicted octanol–water partition coefficient (Wildman–Crippen LogP) is 0.127.